The first kappa shape index (κ1) is 16.0. The fraction of sp³-hybridized carbons (Fsp3) is 0.500. The second-order valence-electron chi connectivity index (χ2n) is 5.13. The molecule has 0 unspecified atom stereocenters. The Bertz CT molecular complexity index is 494. The maximum absolute atomic E-state index is 12.5. The Morgan fingerprint density at radius 2 is 2.00 bits per heavy atom. The predicted molar refractivity (Wildman–Crippen MR) is 78.9 cm³/mol. The first-order valence-corrected chi connectivity index (χ1v) is 7.57. The third kappa shape index (κ3) is 4.86. The molecule has 2 N–H and O–H groups in total. The molecule has 0 atom stereocenters. The first-order chi connectivity index (χ1) is 9.98. The molecule has 4 nitrogen and oxygen atoms in total. The van der Waals surface area contributed by atoms with Crippen LogP contribution in [0.1, 0.15) is 19.8 Å². The van der Waals surface area contributed by atoms with Crippen molar-refractivity contribution in [3.8, 4) is 0 Å². The quantitative estimate of drug-likeness (QED) is 0.833. The van der Waals surface area contributed by atoms with Crippen molar-refractivity contribution in [3.05, 3.63) is 24.3 Å². The molecule has 2 rings (SSSR count). The number of carbonyl (C=O) groups excluding carboxylic acids is 1. The molecule has 1 aromatic carbocycles. The molecule has 0 radical (unpaired) electrons. The van der Waals surface area contributed by atoms with Gasteiger partial charge in [0.25, 0.3) is 5.76 Å². The normalized spacial score (nSPS) is 17.5. The first-order valence-electron chi connectivity index (χ1n) is 6.69. The molecule has 1 aliphatic rings. The minimum Gasteiger partial charge on any atom is -0.381 e. The molecule has 0 bridgehead atoms. The summed E-state index contributed by atoms with van der Waals surface area (Å²) in [5, 5.41) is 5.54. The number of hydrogen-bond donors (Lipinski definition) is 2. The van der Waals surface area contributed by atoms with Crippen molar-refractivity contribution in [3.63, 3.8) is 0 Å². The number of hydrogen-bond acceptors (Lipinski definition) is 3. The van der Waals surface area contributed by atoms with Crippen molar-refractivity contribution in [2.24, 2.45) is 0 Å². The van der Waals surface area contributed by atoms with Gasteiger partial charge in [-0.15, -0.1) is 0 Å². The van der Waals surface area contributed by atoms with Gasteiger partial charge in [0, 0.05) is 23.6 Å². The van der Waals surface area contributed by atoms with Gasteiger partial charge in [-0.05, 0) is 31.9 Å². The van der Waals surface area contributed by atoms with Crippen molar-refractivity contribution < 1.29 is 18.3 Å². The maximum atomic E-state index is 12.5. The van der Waals surface area contributed by atoms with Crippen LogP contribution in [0.15, 0.2) is 29.2 Å². The molecule has 2 amide bonds. The molecule has 0 aromatic heterocycles. The summed E-state index contributed by atoms with van der Waals surface area (Å²) in [7, 11) is 0. The van der Waals surface area contributed by atoms with Crippen LogP contribution in [0.5, 0.6) is 0 Å². The number of benzene rings is 1. The van der Waals surface area contributed by atoms with Crippen LogP contribution in [-0.4, -0.2) is 30.5 Å². The van der Waals surface area contributed by atoms with Gasteiger partial charge in [0.05, 0.1) is 5.69 Å². The Labute approximate surface area is 126 Å². The van der Waals surface area contributed by atoms with Crippen LogP contribution in [-0.2, 0) is 4.74 Å². The highest BCUT2D eigenvalue weighted by atomic mass is 32.2. The third-order valence-electron chi connectivity index (χ3n) is 3.36. The zero-order valence-corrected chi connectivity index (χ0v) is 12.5. The molecular weight excluding hydrogens is 298 g/mol. The number of thioether (sulfide) groups is 1. The number of anilines is 1. The fourth-order valence-electron chi connectivity index (χ4n) is 2.14. The fourth-order valence-corrected chi connectivity index (χ4v) is 2.74. The Morgan fingerprint density at radius 1 is 1.33 bits per heavy atom. The van der Waals surface area contributed by atoms with E-state index in [0.29, 0.717) is 35.6 Å². The molecule has 0 spiro atoms. The topological polar surface area (TPSA) is 50.4 Å². The van der Waals surface area contributed by atoms with Gasteiger partial charge in [-0.25, -0.2) is 4.79 Å². The van der Waals surface area contributed by atoms with E-state index in [-0.39, 0.29) is 11.6 Å². The lowest BCUT2D eigenvalue weighted by Gasteiger charge is -2.34. The van der Waals surface area contributed by atoms with Crippen molar-refractivity contribution in [2.45, 2.75) is 36.0 Å². The van der Waals surface area contributed by atoms with Crippen LogP contribution in [0.3, 0.4) is 0 Å². The van der Waals surface area contributed by atoms with E-state index in [1.165, 1.54) is 0 Å². The minimum absolute atomic E-state index is 0.326. The molecular formula is C14H18F2N2O2S. The van der Waals surface area contributed by atoms with E-state index in [1.54, 1.807) is 24.3 Å². The van der Waals surface area contributed by atoms with Crippen molar-refractivity contribution in [2.75, 3.05) is 18.5 Å². The summed E-state index contributed by atoms with van der Waals surface area (Å²) < 4.78 is 30.3. The van der Waals surface area contributed by atoms with E-state index in [2.05, 4.69) is 10.6 Å². The number of amides is 2. The summed E-state index contributed by atoms with van der Waals surface area (Å²) in [4.78, 5) is 12.4. The van der Waals surface area contributed by atoms with Crippen LogP contribution in [0.4, 0.5) is 19.3 Å². The summed E-state index contributed by atoms with van der Waals surface area (Å²) in [5.74, 6) is -2.52. The molecule has 1 fully saturated rings. The summed E-state index contributed by atoms with van der Waals surface area (Å²) >= 11 is 0.416. The summed E-state index contributed by atoms with van der Waals surface area (Å²) in [6, 6.07) is 6.13. The predicted octanol–water partition coefficient (Wildman–Crippen LogP) is 3.69. The van der Waals surface area contributed by atoms with Crippen LogP contribution < -0.4 is 10.6 Å². The monoisotopic (exact) mass is 316 g/mol. The largest absolute Gasteiger partial charge is 0.381 e. The number of halogens is 2. The zero-order valence-electron chi connectivity index (χ0n) is 11.7. The van der Waals surface area contributed by atoms with Crippen LogP contribution in [0.25, 0.3) is 0 Å². The smallest absolute Gasteiger partial charge is 0.319 e. The highest BCUT2D eigenvalue weighted by molar-refractivity contribution is 7.99. The molecule has 1 aliphatic heterocycles. The van der Waals surface area contributed by atoms with Crippen LogP contribution in [0, 0.1) is 0 Å². The summed E-state index contributed by atoms with van der Waals surface area (Å²) in [6.45, 7) is 3.16. The number of alkyl halides is 2. The maximum Gasteiger partial charge on any atom is 0.319 e. The number of rotatable bonds is 4. The lowest BCUT2D eigenvalue weighted by Crippen LogP contribution is -2.51. The van der Waals surface area contributed by atoms with Crippen molar-refractivity contribution >= 4 is 23.5 Å². The van der Waals surface area contributed by atoms with E-state index < -0.39 is 5.76 Å². The van der Waals surface area contributed by atoms with Gasteiger partial charge in [0.2, 0.25) is 0 Å². The Balaban J connectivity index is 1.99. The third-order valence-corrected chi connectivity index (χ3v) is 4.15. The number of urea groups is 1. The molecule has 116 valence electrons. The summed E-state index contributed by atoms with van der Waals surface area (Å²) in [5.41, 5.74) is 0.0589. The van der Waals surface area contributed by atoms with Gasteiger partial charge in [0.15, 0.2) is 0 Å². The van der Waals surface area contributed by atoms with Crippen molar-refractivity contribution in [1.29, 1.82) is 0 Å². The van der Waals surface area contributed by atoms with Gasteiger partial charge in [-0.2, -0.15) is 8.78 Å². The van der Waals surface area contributed by atoms with E-state index >= 15 is 0 Å². The van der Waals surface area contributed by atoms with E-state index in [0.717, 1.165) is 12.8 Å². The lowest BCUT2D eigenvalue weighted by atomic mass is 9.93. The Kier molecular flexibility index (Phi) is 5.41. The molecule has 1 heterocycles. The van der Waals surface area contributed by atoms with Gasteiger partial charge in [-0.1, -0.05) is 23.9 Å². The van der Waals surface area contributed by atoms with Crippen molar-refractivity contribution in [1.82, 2.24) is 5.32 Å². The lowest BCUT2D eigenvalue weighted by molar-refractivity contribution is 0.0499. The minimum atomic E-state index is -2.52. The van der Waals surface area contributed by atoms with Gasteiger partial charge in [0.1, 0.15) is 0 Å². The van der Waals surface area contributed by atoms with Crippen LogP contribution >= 0.6 is 11.8 Å². The van der Waals surface area contributed by atoms with Gasteiger partial charge in [-0.3, -0.25) is 0 Å². The second kappa shape index (κ2) is 7.09. The molecule has 21 heavy (non-hydrogen) atoms. The van der Waals surface area contributed by atoms with E-state index in [1.807, 2.05) is 6.92 Å². The Morgan fingerprint density at radius 3 is 2.67 bits per heavy atom. The number of ether oxygens (including phenoxy) is 1. The van der Waals surface area contributed by atoms with E-state index in [4.69, 9.17) is 4.74 Å². The number of carbonyl (C=O) groups is 1. The highest BCUT2D eigenvalue weighted by Crippen LogP contribution is 2.31. The molecule has 1 aromatic rings. The summed E-state index contributed by atoms with van der Waals surface area (Å²) in [6.07, 6.45) is 1.46. The van der Waals surface area contributed by atoms with Crippen LogP contribution in [0.2, 0.25) is 0 Å². The highest BCUT2D eigenvalue weighted by Gasteiger charge is 2.29. The molecule has 1 saturated heterocycles. The SMILES string of the molecule is CC1(NC(=O)Nc2ccccc2SC(F)F)CCOCC1. The second-order valence-corrected chi connectivity index (χ2v) is 6.16. The molecule has 7 heteroatoms. The molecule has 0 saturated carbocycles. The standard InChI is InChI=1S/C14H18F2N2O2S/c1-14(6-8-20-9-7-14)18-13(19)17-10-4-2-3-5-11(10)21-12(15)16/h2-5,12H,6-9H2,1H3,(H2,17,18,19). The zero-order chi connectivity index (χ0) is 15.3. The average Bonchev–Trinajstić information content (AvgIpc) is 2.40. The number of para-hydroxylation sites is 1. The molecule has 0 aliphatic carbocycles. The average molecular weight is 316 g/mol. The van der Waals surface area contributed by atoms with Gasteiger partial charge >= 0.3 is 6.03 Å². The van der Waals surface area contributed by atoms with Gasteiger partial charge < -0.3 is 15.4 Å². The van der Waals surface area contributed by atoms with E-state index in [9.17, 15) is 13.6 Å². The number of nitrogens with one attached hydrogen (secondary N) is 2. The Hall–Kier alpha value is -1.34.